The Bertz CT molecular complexity index is 295. The lowest BCUT2D eigenvalue weighted by Gasteiger charge is -2.31. The third-order valence-electron chi connectivity index (χ3n) is 2.74. The van der Waals surface area contributed by atoms with Gasteiger partial charge in [0.05, 0.1) is 5.60 Å². The van der Waals surface area contributed by atoms with Gasteiger partial charge < -0.3 is 5.11 Å². The Morgan fingerprint density at radius 1 is 1.57 bits per heavy atom. The molecule has 1 N–H and O–H groups in total. The number of carbonyl (C=O) groups is 1. The Hall–Kier alpha value is -0.890. The molecule has 0 aromatic heterocycles. The van der Waals surface area contributed by atoms with Crippen molar-refractivity contribution in [3.63, 3.8) is 0 Å². The quantitative estimate of drug-likeness (QED) is 0.685. The largest absolute Gasteiger partial charge is 0.385 e. The molecule has 0 aromatic carbocycles. The molecule has 0 saturated heterocycles. The van der Waals surface area contributed by atoms with Crippen molar-refractivity contribution in [1.29, 1.82) is 0 Å². The molecule has 0 saturated carbocycles. The van der Waals surface area contributed by atoms with Crippen LogP contribution in [0.3, 0.4) is 0 Å². The van der Waals surface area contributed by atoms with Crippen LogP contribution < -0.4 is 0 Å². The molecular formula is C12H18O2. The minimum atomic E-state index is -0.756. The summed E-state index contributed by atoms with van der Waals surface area (Å²) in [7, 11) is 0. The molecule has 14 heavy (non-hydrogen) atoms. The van der Waals surface area contributed by atoms with Gasteiger partial charge in [0.25, 0.3) is 0 Å². The average molecular weight is 194 g/mol. The number of hydrogen-bond acceptors (Lipinski definition) is 2. The van der Waals surface area contributed by atoms with Crippen molar-refractivity contribution in [2.75, 3.05) is 0 Å². The molecule has 1 rings (SSSR count). The maximum absolute atomic E-state index is 10.8. The van der Waals surface area contributed by atoms with Gasteiger partial charge in [-0.15, -0.1) is 0 Å². The van der Waals surface area contributed by atoms with Gasteiger partial charge in [0, 0.05) is 0 Å². The average Bonchev–Trinajstić information content (AvgIpc) is 2.01. The summed E-state index contributed by atoms with van der Waals surface area (Å²) >= 11 is 0. The molecule has 78 valence electrons. The number of carbonyl (C=O) groups excluding carboxylic acids is 1. The molecule has 0 heterocycles. The Morgan fingerprint density at radius 3 is 2.71 bits per heavy atom. The molecule has 1 atom stereocenters. The van der Waals surface area contributed by atoms with Crippen LogP contribution in [0, 0.1) is 0 Å². The fourth-order valence-corrected chi connectivity index (χ4v) is 1.95. The summed E-state index contributed by atoms with van der Waals surface area (Å²) in [5.74, 6) is 0.0201. The minimum Gasteiger partial charge on any atom is -0.385 e. The summed E-state index contributed by atoms with van der Waals surface area (Å²) in [6, 6.07) is 0. The van der Waals surface area contributed by atoms with Gasteiger partial charge in [-0.3, -0.25) is 4.79 Å². The van der Waals surface area contributed by atoms with Gasteiger partial charge in [-0.2, -0.15) is 0 Å². The number of allylic oxidation sites excluding steroid dienone is 2. The first kappa shape index (κ1) is 11.2. The third-order valence-corrected chi connectivity index (χ3v) is 2.74. The van der Waals surface area contributed by atoms with Crippen LogP contribution in [0.15, 0.2) is 23.3 Å². The highest BCUT2D eigenvalue weighted by Crippen LogP contribution is 2.33. The van der Waals surface area contributed by atoms with Crippen LogP contribution in [-0.4, -0.2) is 16.5 Å². The van der Waals surface area contributed by atoms with Gasteiger partial charge in [-0.05, 0) is 51.7 Å². The molecule has 0 fully saturated rings. The van der Waals surface area contributed by atoms with Crippen LogP contribution in [0.4, 0.5) is 0 Å². The molecule has 0 bridgehead atoms. The smallest absolute Gasteiger partial charge is 0.152 e. The van der Waals surface area contributed by atoms with Crippen molar-refractivity contribution in [1.82, 2.24) is 0 Å². The van der Waals surface area contributed by atoms with Crippen LogP contribution >= 0.6 is 0 Å². The molecular weight excluding hydrogens is 176 g/mol. The van der Waals surface area contributed by atoms with E-state index in [0.717, 1.165) is 24.8 Å². The molecule has 2 heteroatoms. The van der Waals surface area contributed by atoms with E-state index < -0.39 is 5.60 Å². The van der Waals surface area contributed by atoms with Crippen molar-refractivity contribution in [2.45, 2.75) is 45.6 Å². The third kappa shape index (κ3) is 2.55. The number of rotatable bonds is 2. The van der Waals surface area contributed by atoms with Gasteiger partial charge in [0.2, 0.25) is 0 Å². The molecule has 0 aliphatic heterocycles. The van der Waals surface area contributed by atoms with Gasteiger partial charge in [0.15, 0.2) is 5.78 Å². The molecule has 0 amide bonds. The van der Waals surface area contributed by atoms with Crippen molar-refractivity contribution in [2.24, 2.45) is 0 Å². The first-order valence-electron chi connectivity index (χ1n) is 5.05. The number of ketones is 1. The first-order chi connectivity index (χ1) is 6.43. The van der Waals surface area contributed by atoms with Gasteiger partial charge in [-0.25, -0.2) is 0 Å². The normalized spacial score (nSPS) is 28.6. The maximum Gasteiger partial charge on any atom is 0.152 e. The van der Waals surface area contributed by atoms with E-state index in [1.54, 1.807) is 6.08 Å². The SMILES string of the molecule is CC(=O)/C=C/C1=C(C)CCC[C@@]1(C)O. The Morgan fingerprint density at radius 2 is 2.21 bits per heavy atom. The number of aliphatic hydroxyl groups is 1. The highest BCUT2D eigenvalue weighted by atomic mass is 16.3. The second-order valence-electron chi connectivity index (χ2n) is 4.27. The van der Waals surface area contributed by atoms with E-state index in [2.05, 4.69) is 0 Å². The standard InChI is InChI=1S/C12H18O2/c1-9-5-4-8-12(3,14)11(9)7-6-10(2)13/h6-7,14H,4-5,8H2,1-3H3/b7-6+/t12-/m1/s1. The molecule has 1 aliphatic carbocycles. The molecule has 0 unspecified atom stereocenters. The topological polar surface area (TPSA) is 37.3 Å². The monoisotopic (exact) mass is 194 g/mol. The van der Waals surface area contributed by atoms with Gasteiger partial charge in [0.1, 0.15) is 0 Å². The van der Waals surface area contributed by atoms with E-state index in [-0.39, 0.29) is 5.78 Å². The molecule has 0 aromatic rings. The van der Waals surface area contributed by atoms with Crippen LogP contribution in [0.2, 0.25) is 0 Å². The van der Waals surface area contributed by atoms with Crippen molar-refractivity contribution in [3.8, 4) is 0 Å². The minimum absolute atomic E-state index is 0.0201. The zero-order valence-corrected chi connectivity index (χ0v) is 9.13. The lowest BCUT2D eigenvalue weighted by Crippen LogP contribution is -2.29. The first-order valence-corrected chi connectivity index (χ1v) is 5.05. The van der Waals surface area contributed by atoms with Crippen LogP contribution in [0.1, 0.15) is 40.0 Å². The van der Waals surface area contributed by atoms with Crippen LogP contribution in [0.5, 0.6) is 0 Å². The van der Waals surface area contributed by atoms with E-state index in [9.17, 15) is 9.90 Å². The van der Waals surface area contributed by atoms with Crippen molar-refractivity contribution < 1.29 is 9.90 Å². The summed E-state index contributed by atoms with van der Waals surface area (Å²) in [4.78, 5) is 10.8. The summed E-state index contributed by atoms with van der Waals surface area (Å²) < 4.78 is 0. The fourth-order valence-electron chi connectivity index (χ4n) is 1.95. The fraction of sp³-hybridized carbons (Fsp3) is 0.583. The second-order valence-corrected chi connectivity index (χ2v) is 4.27. The summed E-state index contributed by atoms with van der Waals surface area (Å²) in [6.07, 6.45) is 6.11. The predicted molar refractivity (Wildman–Crippen MR) is 57.0 cm³/mol. The summed E-state index contributed by atoms with van der Waals surface area (Å²) in [5.41, 5.74) is 1.35. The number of hydrogen-bond donors (Lipinski definition) is 1. The predicted octanol–water partition coefficient (Wildman–Crippen LogP) is 2.38. The van der Waals surface area contributed by atoms with E-state index in [1.807, 2.05) is 13.8 Å². The highest BCUT2D eigenvalue weighted by Gasteiger charge is 2.28. The molecule has 1 aliphatic rings. The lowest BCUT2D eigenvalue weighted by molar-refractivity contribution is -0.112. The maximum atomic E-state index is 10.8. The van der Waals surface area contributed by atoms with Crippen molar-refractivity contribution >= 4 is 5.78 Å². The van der Waals surface area contributed by atoms with Crippen molar-refractivity contribution in [3.05, 3.63) is 23.3 Å². The van der Waals surface area contributed by atoms with Crippen LogP contribution in [-0.2, 0) is 4.79 Å². The lowest BCUT2D eigenvalue weighted by atomic mass is 9.80. The molecule has 0 radical (unpaired) electrons. The highest BCUT2D eigenvalue weighted by molar-refractivity contribution is 5.87. The summed E-state index contributed by atoms with van der Waals surface area (Å²) in [5, 5.41) is 10.1. The zero-order valence-electron chi connectivity index (χ0n) is 9.13. The molecule has 0 spiro atoms. The van der Waals surface area contributed by atoms with E-state index in [1.165, 1.54) is 18.6 Å². The van der Waals surface area contributed by atoms with Gasteiger partial charge in [-0.1, -0.05) is 11.6 Å². The van der Waals surface area contributed by atoms with E-state index in [0.29, 0.717) is 0 Å². The van der Waals surface area contributed by atoms with E-state index >= 15 is 0 Å². The summed E-state index contributed by atoms with van der Waals surface area (Å²) in [6.45, 7) is 5.35. The molecule has 2 nitrogen and oxygen atoms in total. The Kier molecular flexibility index (Phi) is 3.27. The van der Waals surface area contributed by atoms with E-state index in [4.69, 9.17) is 0 Å². The Labute approximate surface area is 85.3 Å². The zero-order chi connectivity index (χ0) is 10.8. The van der Waals surface area contributed by atoms with Crippen LogP contribution in [0.25, 0.3) is 0 Å². The Balaban J connectivity index is 2.96. The van der Waals surface area contributed by atoms with Gasteiger partial charge >= 0.3 is 0 Å². The second kappa shape index (κ2) is 4.09.